The highest BCUT2D eigenvalue weighted by Crippen LogP contribution is 2.27. The zero-order chi connectivity index (χ0) is 24.0. The number of rotatable bonds is 10. The Labute approximate surface area is 196 Å². The molecule has 0 aliphatic heterocycles. The van der Waals surface area contributed by atoms with Crippen molar-refractivity contribution in [3.05, 3.63) is 69.6 Å². The molecule has 0 atom stereocenters. The van der Waals surface area contributed by atoms with Gasteiger partial charge in [0.15, 0.2) is 5.13 Å². The van der Waals surface area contributed by atoms with Gasteiger partial charge >= 0.3 is 0 Å². The van der Waals surface area contributed by atoms with E-state index in [2.05, 4.69) is 10.3 Å². The summed E-state index contributed by atoms with van der Waals surface area (Å²) in [6.07, 6.45) is 1.68. The molecule has 0 radical (unpaired) electrons. The summed E-state index contributed by atoms with van der Waals surface area (Å²) in [5.74, 6) is -0.415. The molecule has 0 spiro atoms. The Morgan fingerprint density at radius 3 is 2.36 bits per heavy atom. The van der Waals surface area contributed by atoms with Crippen molar-refractivity contribution in [2.24, 2.45) is 0 Å². The molecule has 0 aliphatic carbocycles. The molecule has 0 saturated carbocycles. The molecule has 0 saturated heterocycles. The van der Waals surface area contributed by atoms with E-state index in [1.54, 1.807) is 24.4 Å². The lowest BCUT2D eigenvalue weighted by molar-refractivity contribution is -0.384. The first-order valence-corrected chi connectivity index (χ1v) is 12.7. The van der Waals surface area contributed by atoms with E-state index in [1.165, 1.54) is 52.0 Å². The largest absolute Gasteiger partial charge is 0.298 e. The van der Waals surface area contributed by atoms with Crippen molar-refractivity contribution in [3.63, 3.8) is 0 Å². The smallest absolute Gasteiger partial charge is 0.269 e. The molecule has 11 heteroatoms. The Kier molecular flexibility index (Phi) is 7.90. The number of aromatic nitrogens is 1. The minimum absolute atomic E-state index is 0.0135. The van der Waals surface area contributed by atoms with Crippen molar-refractivity contribution in [2.45, 2.75) is 31.6 Å². The number of nitrogens with zero attached hydrogens (tertiary/aromatic N) is 3. The van der Waals surface area contributed by atoms with E-state index in [0.717, 1.165) is 12.8 Å². The van der Waals surface area contributed by atoms with Crippen molar-refractivity contribution in [1.82, 2.24) is 9.29 Å². The number of unbranched alkanes of at least 4 members (excludes halogenated alkanes) is 1. The second-order valence-electron chi connectivity index (χ2n) is 7.17. The van der Waals surface area contributed by atoms with Crippen LogP contribution >= 0.6 is 11.3 Å². The number of thiazole rings is 1. The van der Waals surface area contributed by atoms with Gasteiger partial charge in [0.05, 0.1) is 15.5 Å². The molecule has 1 N–H and O–H groups in total. The van der Waals surface area contributed by atoms with Crippen LogP contribution in [0.15, 0.2) is 58.8 Å². The van der Waals surface area contributed by atoms with E-state index >= 15 is 0 Å². The van der Waals surface area contributed by atoms with Crippen LogP contribution in [0.1, 0.15) is 37.0 Å². The average molecular weight is 489 g/mol. The number of carbonyl (C=O) groups excluding carboxylic acids is 1. The number of non-ortho nitro benzene ring substituents is 1. The van der Waals surface area contributed by atoms with Gasteiger partial charge in [-0.05, 0) is 42.8 Å². The highest BCUT2D eigenvalue weighted by atomic mass is 32.2. The van der Waals surface area contributed by atoms with Gasteiger partial charge in [-0.25, -0.2) is 13.4 Å². The quantitative estimate of drug-likeness (QED) is 0.324. The number of carbonyl (C=O) groups is 1. The number of benzene rings is 2. The maximum Gasteiger partial charge on any atom is 0.269 e. The molecule has 2 aromatic carbocycles. The molecule has 33 heavy (non-hydrogen) atoms. The van der Waals surface area contributed by atoms with E-state index in [-0.39, 0.29) is 10.6 Å². The number of nitro benzene ring substituents is 1. The Hall–Kier alpha value is -3.15. The summed E-state index contributed by atoms with van der Waals surface area (Å²) in [6.45, 7) is 4.64. The van der Waals surface area contributed by atoms with Gasteiger partial charge in [0, 0.05) is 41.7 Å². The van der Waals surface area contributed by atoms with Crippen molar-refractivity contribution < 1.29 is 18.1 Å². The number of anilines is 1. The van der Waals surface area contributed by atoms with Crippen molar-refractivity contribution in [2.75, 3.05) is 18.4 Å². The van der Waals surface area contributed by atoms with E-state index in [4.69, 9.17) is 0 Å². The number of nitrogens with one attached hydrogen (secondary N) is 1. The summed E-state index contributed by atoms with van der Waals surface area (Å²) in [4.78, 5) is 27.4. The number of hydrogen-bond acceptors (Lipinski definition) is 7. The van der Waals surface area contributed by atoms with E-state index in [0.29, 0.717) is 35.0 Å². The molecule has 0 aliphatic rings. The van der Waals surface area contributed by atoms with Crippen LogP contribution in [0.5, 0.6) is 0 Å². The molecule has 3 rings (SSSR count). The Bertz CT molecular complexity index is 1220. The monoisotopic (exact) mass is 488 g/mol. The third kappa shape index (κ3) is 5.81. The second kappa shape index (κ2) is 10.6. The molecular formula is C22H24N4O5S2. The zero-order valence-corrected chi connectivity index (χ0v) is 19.9. The van der Waals surface area contributed by atoms with Gasteiger partial charge in [0.2, 0.25) is 10.0 Å². The average Bonchev–Trinajstić information content (AvgIpc) is 3.28. The van der Waals surface area contributed by atoms with Crippen molar-refractivity contribution in [3.8, 4) is 11.3 Å². The molecular weight excluding hydrogens is 464 g/mol. The van der Waals surface area contributed by atoms with Crippen molar-refractivity contribution >= 4 is 38.1 Å². The summed E-state index contributed by atoms with van der Waals surface area (Å²) in [6, 6.07) is 11.8. The lowest BCUT2D eigenvalue weighted by atomic mass is 10.1. The molecule has 1 amide bonds. The Balaban J connectivity index is 1.69. The molecule has 1 heterocycles. The Morgan fingerprint density at radius 2 is 1.79 bits per heavy atom. The molecule has 9 nitrogen and oxygen atoms in total. The summed E-state index contributed by atoms with van der Waals surface area (Å²) in [5.41, 5.74) is 1.56. The van der Waals surface area contributed by atoms with Crippen LogP contribution in [0.4, 0.5) is 10.8 Å². The molecule has 0 unspecified atom stereocenters. The lowest BCUT2D eigenvalue weighted by Gasteiger charge is -2.20. The van der Waals surface area contributed by atoms with Gasteiger partial charge in [-0.3, -0.25) is 20.2 Å². The minimum atomic E-state index is -3.61. The molecule has 0 bridgehead atoms. The second-order valence-corrected chi connectivity index (χ2v) is 9.97. The third-order valence-corrected chi connectivity index (χ3v) is 7.71. The van der Waals surface area contributed by atoms with Crippen LogP contribution in [0.2, 0.25) is 0 Å². The molecule has 174 valence electrons. The summed E-state index contributed by atoms with van der Waals surface area (Å²) < 4.78 is 27.1. The normalized spacial score (nSPS) is 11.5. The summed E-state index contributed by atoms with van der Waals surface area (Å²) in [5, 5.41) is 15.6. The van der Waals surface area contributed by atoms with Crippen LogP contribution < -0.4 is 5.32 Å². The summed E-state index contributed by atoms with van der Waals surface area (Å²) in [7, 11) is -3.61. The zero-order valence-electron chi connectivity index (χ0n) is 18.2. The number of hydrogen-bond donors (Lipinski definition) is 1. The molecule has 1 aromatic heterocycles. The van der Waals surface area contributed by atoms with E-state index in [9.17, 15) is 23.3 Å². The topological polar surface area (TPSA) is 123 Å². The van der Waals surface area contributed by atoms with E-state index in [1.807, 2.05) is 6.92 Å². The fraction of sp³-hybridized carbons (Fsp3) is 0.273. The maximum absolute atomic E-state index is 12.8. The van der Waals surface area contributed by atoms with Gasteiger partial charge in [0.1, 0.15) is 0 Å². The fourth-order valence-corrected chi connectivity index (χ4v) is 5.30. The van der Waals surface area contributed by atoms with Crippen LogP contribution in [0.25, 0.3) is 11.3 Å². The molecule has 3 aromatic rings. The highest BCUT2D eigenvalue weighted by Gasteiger charge is 2.23. The van der Waals surface area contributed by atoms with Gasteiger partial charge in [0.25, 0.3) is 11.6 Å². The van der Waals surface area contributed by atoms with Crippen LogP contribution in [0, 0.1) is 10.1 Å². The van der Waals surface area contributed by atoms with Crippen LogP contribution in [0.3, 0.4) is 0 Å². The predicted octanol–water partition coefficient (Wildman–Crippen LogP) is 4.78. The minimum Gasteiger partial charge on any atom is -0.298 e. The van der Waals surface area contributed by atoms with E-state index < -0.39 is 20.9 Å². The fourth-order valence-electron chi connectivity index (χ4n) is 3.10. The predicted molar refractivity (Wildman–Crippen MR) is 128 cm³/mol. The van der Waals surface area contributed by atoms with Gasteiger partial charge in [-0.2, -0.15) is 4.31 Å². The highest BCUT2D eigenvalue weighted by molar-refractivity contribution is 7.89. The Morgan fingerprint density at radius 1 is 1.12 bits per heavy atom. The standard InChI is InChI=1S/C22H24N4O5S2/c1-3-5-14-25(4-2)33(30,31)19-12-8-17(9-13-19)21(27)24-22-23-20(15-32-22)16-6-10-18(11-7-16)26(28)29/h6-13,15H,3-5,14H2,1-2H3,(H,23,24,27). The van der Waals surface area contributed by atoms with Crippen LogP contribution in [-0.2, 0) is 10.0 Å². The van der Waals surface area contributed by atoms with Gasteiger partial charge in [-0.15, -0.1) is 11.3 Å². The van der Waals surface area contributed by atoms with Gasteiger partial charge < -0.3 is 0 Å². The first-order chi connectivity index (χ1) is 15.8. The van der Waals surface area contributed by atoms with Crippen molar-refractivity contribution in [1.29, 1.82) is 0 Å². The van der Waals surface area contributed by atoms with Crippen LogP contribution in [-0.4, -0.2) is 41.6 Å². The number of amides is 1. The maximum atomic E-state index is 12.8. The van der Waals surface area contributed by atoms with Gasteiger partial charge in [-0.1, -0.05) is 20.3 Å². The number of sulfonamides is 1. The first kappa shape index (κ1) is 24.5. The first-order valence-electron chi connectivity index (χ1n) is 10.4. The number of nitro groups is 1. The lowest BCUT2D eigenvalue weighted by Crippen LogP contribution is -2.31. The SMILES string of the molecule is CCCCN(CC)S(=O)(=O)c1ccc(C(=O)Nc2nc(-c3ccc([N+](=O)[O-])cc3)cs2)cc1. The summed E-state index contributed by atoms with van der Waals surface area (Å²) >= 11 is 1.22. The molecule has 0 fully saturated rings. The third-order valence-electron chi connectivity index (χ3n) is 4.97.